The molecule has 0 spiro atoms. The SMILES string of the molecule is CCCCCCCC/C=C\CCCCCCCC(=O)NCCS(=O)(=O)OC. The molecule has 5 nitrogen and oxygen atoms in total. The van der Waals surface area contributed by atoms with Gasteiger partial charge in [-0.15, -0.1) is 0 Å². The molecular formula is C21H41NO4S. The van der Waals surface area contributed by atoms with E-state index in [-0.39, 0.29) is 18.2 Å². The molecule has 0 atom stereocenters. The van der Waals surface area contributed by atoms with E-state index in [1.807, 2.05) is 0 Å². The van der Waals surface area contributed by atoms with E-state index < -0.39 is 10.1 Å². The van der Waals surface area contributed by atoms with Crippen LogP contribution in [0.3, 0.4) is 0 Å². The molecule has 0 heterocycles. The molecule has 0 unspecified atom stereocenters. The van der Waals surface area contributed by atoms with Gasteiger partial charge < -0.3 is 5.32 Å². The predicted octanol–water partition coefficient (Wildman–Crippen LogP) is 5.12. The van der Waals surface area contributed by atoms with Gasteiger partial charge >= 0.3 is 0 Å². The fraction of sp³-hybridized carbons (Fsp3) is 0.857. The molecule has 1 N–H and O–H groups in total. The lowest BCUT2D eigenvalue weighted by atomic mass is 10.1. The third-order valence-electron chi connectivity index (χ3n) is 4.59. The van der Waals surface area contributed by atoms with Crippen molar-refractivity contribution in [2.75, 3.05) is 19.4 Å². The Morgan fingerprint density at radius 1 is 0.852 bits per heavy atom. The van der Waals surface area contributed by atoms with Crippen LogP contribution >= 0.6 is 0 Å². The molecule has 0 radical (unpaired) electrons. The van der Waals surface area contributed by atoms with Crippen LogP contribution in [0.2, 0.25) is 0 Å². The summed E-state index contributed by atoms with van der Waals surface area (Å²) < 4.78 is 26.5. The van der Waals surface area contributed by atoms with Crippen LogP contribution in [0.15, 0.2) is 12.2 Å². The summed E-state index contributed by atoms with van der Waals surface area (Å²) in [5.41, 5.74) is 0. The zero-order valence-corrected chi connectivity index (χ0v) is 18.3. The number of nitrogens with one attached hydrogen (secondary N) is 1. The summed E-state index contributed by atoms with van der Waals surface area (Å²) in [6, 6.07) is 0. The monoisotopic (exact) mass is 403 g/mol. The number of hydrogen-bond donors (Lipinski definition) is 1. The van der Waals surface area contributed by atoms with Gasteiger partial charge in [-0.1, -0.05) is 70.4 Å². The average Bonchev–Trinajstić information content (AvgIpc) is 2.64. The maximum Gasteiger partial charge on any atom is 0.268 e. The molecule has 0 fully saturated rings. The highest BCUT2D eigenvalue weighted by molar-refractivity contribution is 7.86. The Balaban J connectivity index is 3.32. The maximum atomic E-state index is 11.6. The van der Waals surface area contributed by atoms with Crippen LogP contribution in [0.25, 0.3) is 0 Å². The van der Waals surface area contributed by atoms with Crippen molar-refractivity contribution in [1.29, 1.82) is 0 Å². The standard InChI is InChI=1S/C21H41NO4S/c1-3-4-5-6-7-8-9-10-11-12-13-14-15-16-17-18-21(23)22-19-20-27(24,25)26-2/h10-11H,3-9,12-20H2,1-2H3,(H,22,23)/b11-10-. The number of unbranched alkanes of at least 4 members (excludes halogenated alkanes) is 11. The van der Waals surface area contributed by atoms with Crippen molar-refractivity contribution in [3.05, 3.63) is 12.2 Å². The summed E-state index contributed by atoms with van der Waals surface area (Å²) in [6.45, 7) is 2.36. The van der Waals surface area contributed by atoms with Gasteiger partial charge in [0.2, 0.25) is 5.91 Å². The molecular weight excluding hydrogens is 362 g/mol. The van der Waals surface area contributed by atoms with Gasteiger partial charge in [-0.05, 0) is 32.1 Å². The first kappa shape index (κ1) is 26.1. The topological polar surface area (TPSA) is 72.5 Å². The number of carbonyl (C=O) groups is 1. The Hall–Kier alpha value is -0.880. The van der Waals surface area contributed by atoms with Crippen LogP contribution in [0.4, 0.5) is 0 Å². The van der Waals surface area contributed by atoms with E-state index >= 15 is 0 Å². The second-order valence-electron chi connectivity index (χ2n) is 7.11. The summed E-state index contributed by atoms with van der Waals surface area (Å²) in [4.78, 5) is 11.6. The molecule has 160 valence electrons. The largest absolute Gasteiger partial charge is 0.355 e. The predicted molar refractivity (Wildman–Crippen MR) is 113 cm³/mol. The first-order valence-electron chi connectivity index (χ1n) is 10.7. The van der Waals surface area contributed by atoms with E-state index in [0.717, 1.165) is 32.8 Å². The molecule has 0 aliphatic carbocycles. The maximum absolute atomic E-state index is 11.6. The van der Waals surface area contributed by atoms with Crippen molar-refractivity contribution in [2.24, 2.45) is 0 Å². The Kier molecular flexibility index (Phi) is 17.9. The lowest BCUT2D eigenvalue weighted by molar-refractivity contribution is -0.121. The second-order valence-corrected chi connectivity index (χ2v) is 8.97. The van der Waals surface area contributed by atoms with E-state index in [0.29, 0.717) is 6.42 Å². The van der Waals surface area contributed by atoms with Crippen molar-refractivity contribution in [1.82, 2.24) is 5.32 Å². The van der Waals surface area contributed by atoms with Gasteiger partial charge in [0.1, 0.15) is 0 Å². The highest BCUT2D eigenvalue weighted by atomic mass is 32.2. The van der Waals surface area contributed by atoms with Crippen LogP contribution < -0.4 is 5.32 Å². The zero-order valence-electron chi connectivity index (χ0n) is 17.5. The van der Waals surface area contributed by atoms with E-state index in [2.05, 4.69) is 28.6 Å². The molecule has 27 heavy (non-hydrogen) atoms. The minimum Gasteiger partial charge on any atom is -0.355 e. The summed E-state index contributed by atoms with van der Waals surface area (Å²) in [6.07, 6.45) is 21.1. The molecule has 0 rings (SSSR count). The summed E-state index contributed by atoms with van der Waals surface area (Å²) in [5, 5.41) is 2.62. The number of amides is 1. The van der Waals surface area contributed by atoms with E-state index in [9.17, 15) is 13.2 Å². The third-order valence-corrected chi connectivity index (χ3v) is 5.81. The molecule has 0 aromatic carbocycles. The second kappa shape index (κ2) is 18.5. The zero-order chi connectivity index (χ0) is 20.2. The van der Waals surface area contributed by atoms with Gasteiger partial charge in [-0.2, -0.15) is 8.42 Å². The number of hydrogen-bond acceptors (Lipinski definition) is 4. The van der Waals surface area contributed by atoms with Crippen LogP contribution in [0.1, 0.15) is 96.8 Å². The van der Waals surface area contributed by atoms with Gasteiger partial charge in [0.05, 0.1) is 12.9 Å². The van der Waals surface area contributed by atoms with Gasteiger partial charge in [0, 0.05) is 13.0 Å². The first-order valence-corrected chi connectivity index (χ1v) is 12.3. The van der Waals surface area contributed by atoms with Crippen LogP contribution in [0.5, 0.6) is 0 Å². The van der Waals surface area contributed by atoms with Gasteiger partial charge in [-0.25, -0.2) is 0 Å². The smallest absolute Gasteiger partial charge is 0.268 e. The highest BCUT2D eigenvalue weighted by Crippen LogP contribution is 2.09. The summed E-state index contributed by atoms with van der Waals surface area (Å²) in [5.74, 6) is -0.263. The van der Waals surface area contributed by atoms with Gasteiger partial charge in [0.15, 0.2) is 0 Å². The Morgan fingerprint density at radius 3 is 1.93 bits per heavy atom. The minimum atomic E-state index is -3.49. The fourth-order valence-electron chi connectivity index (χ4n) is 2.84. The quantitative estimate of drug-likeness (QED) is 0.185. The molecule has 1 amide bonds. The lowest BCUT2D eigenvalue weighted by Crippen LogP contribution is -2.29. The number of carbonyl (C=O) groups excluding carboxylic acids is 1. The highest BCUT2D eigenvalue weighted by Gasteiger charge is 2.09. The number of allylic oxidation sites excluding steroid dienone is 2. The molecule has 0 aliphatic rings. The van der Waals surface area contributed by atoms with Crippen molar-refractivity contribution < 1.29 is 17.4 Å². The average molecular weight is 404 g/mol. The Bertz CT molecular complexity index is 475. The van der Waals surface area contributed by atoms with Crippen molar-refractivity contribution in [3.8, 4) is 0 Å². The summed E-state index contributed by atoms with van der Waals surface area (Å²) in [7, 11) is -2.36. The van der Waals surface area contributed by atoms with Crippen LogP contribution in [-0.4, -0.2) is 33.7 Å². The number of rotatable bonds is 19. The van der Waals surface area contributed by atoms with Crippen molar-refractivity contribution in [2.45, 2.75) is 96.8 Å². The first-order chi connectivity index (χ1) is 13.0. The fourth-order valence-corrected chi connectivity index (χ4v) is 3.36. The van der Waals surface area contributed by atoms with Gasteiger partial charge in [0.25, 0.3) is 10.1 Å². The molecule has 6 heteroatoms. The molecule has 0 saturated heterocycles. The molecule has 0 aliphatic heterocycles. The Labute approximate surface area is 167 Å². The van der Waals surface area contributed by atoms with E-state index in [1.54, 1.807) is 0 Å². The summed E-state index contributed by atoms with van der Waals surface area (Å²) >= 11 is 0. The van der Waals surface area contributed by atoms with Crippen LogP contribution in [0, 0.1) is 0 Å². The molecule has 0 aromatic rings. The molecule has 0 saturated carbocycles. The van der Waals surface area contributed by atoms with Crippen molar-refractivity contribution in [3.63, 3.8) is 0 Å². The van der Waals surface area contributed by atoms with E-state index in [1.165, 1.54) is 57.8 Å². The minimum absolute atomic E-state index is 0.0843. The van der Waals surface area contributed by atoms with Gasteiger partial charge in [-0.3, -0.25) is 8.98 Å². The van der Waals surface area contributed by atoms with Crippen LogP contribution in [-0.2, 0) is 19.1 Å². The van der Waals surface area contributed by atoms with E-state index in [4.69, 9.17) is 0 Å². The Morgan fingerprint density at radius 2 is 1.37 bits per heavy atom. The third kappa shape index (κ3) is 19.7. The lowest BCUT2D eigenvalue weighted by Gasteiger charge is -2.05. The normalized spacial score (nSPS) is 11.9. The molecule has 0 bridgehead atoms. The van der Waals surface area contributed by atoms with Crippen molar-refractivity contribution >= 4 is 16.0 Å². The molecule has 0 aromatic heterocycles.